The molecule has 0 aliphatic carbocycles. The highest BCUT2D eigenvalue weighted by Gasteiger charge is 2.14. The van der Waals surface area contributed by atoms with Crippen molar-refractivity contribution in [3.8, 4) is 0 Å². The van der Waals surface area contributed by atoms with Gasteiger partial charge in [-0.3, -0.25) is 4.79 Å². The molecule has 0 bridgehead atoms. The minimum Gasteiger partial charge on any atom is -0.618 e. The fourth-order valence-corrected chi connectivity index (χ4v) is 1.69. The molecule has 0 saturated carbocycles. The lowest BCUT2D eigenvalue weighted by Crippen LogP contribution is -2.38. The van der Waals surface area contributed by atoms with E-state index in [-0.39, 0.29) is 17.8 Å². The Morgan fingerprint density at radius 1 is 1.20 bits per heavy atom. The van der Waals surface area contributed by atoms with E-state index in [1.807, 2.05) is 0 Å². The van der Waals surface area contributed by atoms with Gasteiger partial charge in [0.05, 0.1) is 5.56 Å². The van der Waals surface area contributed by atoms with Crippen LogP contribution in [0.4, 0.5) is 0 Å². The average Bonchev–Trinajstić information content (AvgIpc) is 2.45. The third-order valence-electron chi connectivity index (χ3n) is 2.68. The Balaban J connectivity index is 2.06. The zero-order valence-electron chi connectivity index (χ0n) is 10.4. The van der Waals surface area contributed by atoms with Gasteiger partial charge in [-0.05, 0) is 23.8 Å². The Hall–Kier alpha value is -2.89. The molecule has 1 heterocycles. The Morgan fingerprint density at radius 3 is 2.70 bits per heavy atom. The van der Waals surface area contributed by atoms with Crippen LogP contribution in [-0.4, -0.2) is 17.0 Å². The van der Waals surface area contributed by atoms with Gasteiger partial charge in [0.2, 0.25) is 0 Å². The van der Waals surface area contributed by atoms with Gasteiger partial charge in [-0.15, -0.1) is 0 Å². The van der Waals surface area contributed by atoms with Crippen LogP contribution in [0.25, 0.3) is 0 Å². The molecule has 6 nitrogen and oxygen atoms in total. The molecule has 1 amide bonds. The summed E-state index contributed by atoms with van der Waals surface area (Å²) in [5.74, 6) is -1.54. The van der Waals surface area contributed by atoms with Crippen molar-refractivity contribution >= 4 is 11.9 Å². The van der Waals surface area contributed by atoms with Crippen LogP contribution in [-0.2, 0) is 6.54 Å². The number of carbonyl (C=O) groups is 2. The third kappa shape index (κ3) is 3.11. The van der Waals surface area contributed by atoms with Crippen LogP contribution in [0, 0.1) is 5.21 Å². The van der Waals surface area contributed by atoms with E-state index in [0.29, 0.717) is 10.3 Å². The molecule has 0 saturated heterocycles. The molecule has 2 rings (SSSR count). The molecule has 0 aliphatic rings. The predicted molar refractivity (Wildman–Crippen MR) is 70.0 cm³/mol. The first-order chi connectivity index (χ1) is 9.58. The van der Waals surface area contributed by atoms with Crippen molar-refractivity contribution in [2.45, 2.75) is 6.54 Å². The number of carbonyl (C=O) groups excluding carboxylic acids is 1. The summed E-state index contributed by atoms with van der Waals surface area (Å²) >= 11 is 0. The average molecular weight is 272 g/mol. The van der Waals surface area contributed by atoms with Crippen LogP contribution >= 0.6 is 0 Å². The molecule has 6 heteroatoms. The number of benzene rings is 1. The van der Waals surface area contributed by atoms with E-state index in [0.717, 1.165) is 0 Å². The van der Waals surface area contributed by atoms with Crippen molar-refractivity contribution in [1.82, 2.24) is 5.32 Å². The summed E-state index contributed by atoms with van der Waals surface area (Å²) in [6.45, 7) is 0.148. The quantitative estimate of drug-likeness (QED) is 0.640. The minimum absolute atomic E-state index is 0.0121. The molecule has 2 N–H and O–H groups in total. The van der Waals surface area contributed by atoms with Crippen LogP contribution < -0.4 is 10.0 Å². The van der Waals surface area contributed by atoms with E-state index in [1.54, 1.807) is 18.2 Å². The van der Waals surface area contributed by atoms with Gasteiger partial charge in [-0.25, -0.2) is 4.79 Å². The highest BCUT2D eigenvalue weighted by Crippen LogP contribution is 2.05. The standard InChI is InChI=1S/C14H12N2O4/c17-13(12-6-1-2-7-16(12)20)15-9-10-4-3-5-11(8-10)14(18)19/h1-8H,9H2,(H,15,17)(H,18,19). The third-order valence-corrected chi connectivity index (χ3v) is 2.68. The van der Waals surface area contributed by atoms with Crippen molar-refractivity contribution < 1.29 is 19.4 Å². The molecule has 1 aromatic heterocycles. The second-order valence-corrected chi connectivity index (χ2v) is 4.10. The lowest BCUT2D eigenvalue weighted by molar-refractivity contribution is -0.607. The van der Waals surface area contributed by atoms with E-state index in [2.05, 4.69) is 5.32 Å². The van der Waals surface area contributed by atoms with E-state index in [9.17, 15) is 14.8 Å². The van der Waals surface area contributed by atoms with Crippen molar-refractivity contribution in [1.29, 1.82) is 0 Å². The van der Waals surface area contributed by atoms with Gasteiger partial charge in [0.1, 0.15) is 0 Å². The van der Waals surface area contributed by atoms with Crippen LogP contribution in [0.3, 0.4) is 0 Å². The molecular weight excluding hydrogens is 260 g/mol. The molecule has 0 spiro atoms. The van der Waals surface area contributed by atoms with E-state index < -0.39 is 11.9 Å². The maximum absolute atomic E-state index is 11.8. The smallest absolute Gasteiger partial charge is 0.335 e. The van der Waals surface area contributed by atoms with Crippen molar-refractivity contribution in [2.24, 2.45) is 0 Å². The normalized spacial score (nSPS) is 10.0. The molecule has 2 aromatic rings. The summed E-state index contributed by atoms with van der Waals surface area (Å²) < 4.78 is 0.475. The molecule has 0 atom stereocenters. The number of hydrogen-bond donors (Lipinski definition) is 2. The number of amides is 1. The number of pyridine rings is 1. The lowest BCUT2D eigenvalue weighted by Gasteiger charge is -2.06. The first kappa shape index (κ1) is 13.5. The number of aromatic nitrogens is 1. The Kier molecular flexibility index (Phi) is 3.95. The van der Waals surface area contributed by atoms with Gasteiger partial charge in [-0.1, -0.05) is 12.1 Å². The molecule has 0 unspecified atom stereocenters. The SMILES string of the molecule is O=C(O)c1cccc(CNC(=O)c2cccc[n+]2[O-])c1. The highest BCUT2D eigenvalue weighted by atomic mass is 16.5. The zero-order chi connectivity index (χ0) is 14.5. The van der Waals surface area contributed by atoms with E-state index in [4.69, 9.17) is 5.11 Å². The van der Waals surface area contributed by atoms with Crippen molar-refractivity contribution in [2.75, 3.05) is 0 Å². The fourth-order valence-electron chi connectivity index (χ4n) is 1.69. The van der Waals surface area contributed by atoms with Gasteiger partial charge in [-0.2, -0.15) is 4.73 Å². The molecule has 0 aliphatic heterocycles. The molecule has 0 fully saturated rings. The summed E-state index contributed by atoms with van der Waals surface area (Å²) in [6.07, 6.45) is 1.24. The Labute approximate surface area is 114 Å². The van der Waals surface area contributed by atoms with Crippen LogP contribution in [0.5, 0.6) is 0 Å². The number of aromatic carboxylic acids is 1. The number of carboxylic acid groups (broad SMARTS) is 1. The minimum atomic E-state index is -1.03. The summed E-state index contributed by atoms with van der Waals surface area (Å²) in [7, 11) is 0. The highest BCUT2D eigenvalue weighted by molar-refractivity contribution is 5.91. The Bertz CT molecular complexity index is 655. The Morgan fingerprint density at radius 2 is 2.00 bits per heavy atom. The van der Waals surface area contributed by atoms with Crippen LogP contribution in [0.1, 0.15) is 26.4 Å². The molecule has 102 valence electrons. The topological polar surface area (TPSA) is 93.3 Å². The lowest BCUT2D eigenvalue weighted by atomic mass is 10.1. The van der Waals surface area contributed by atoms with Crippen molar-refractivity contribution in [3.05, 3.63) is 70.7 Å². The summed E-state index contributed by atoms with van der Waals surface area (Å²) in [6, 6.07) is 10.8. The number of carboxylic acids is 1. The van der Waals surface area contributed by atoms with E-state index >= 15 is 0 Å². The molecular formula is C14H12N2O4. The molecule has 1 aromatic carbocycles. The van der Waals surface area contributed by atoms with Gasteiger partial charge in [0.25, 0.3) is 5.69 Å². The maximum atomic E-state index is 11.8. The second-order valence-electron chi connectivity index (χ2n) is 4.10. The second kappa shape index (κ2) is 5.83. The molecule has 0 radical (unpaired) electrons. The van der Waals surface area contributed by atoms with Crippen LogP contribution in [0.2, 0.25) is 0 Å². The number of hydrogen-bond acceptors (Lipinski definition) is 3. The number of rotatable bonds is 4. The predicted octanol–water partition coefficient (Wildman–Crippen LogP) is 0.948. The van der Waals surface area contributed by atoms with Crippen LogP contribution in [0.15, 0.2) is 48.7 Å². The largest absolute Gasteiger partial charge is 0.618 e. The fraction of sp³-hybridized carbons (Fsp3) is 0.0714. The number of nitrogens with zero attached hydrogens (tertiary/aromatic N) is 1. The number of nitrogens with one attached hydrogen (secondary N) is 1. The maximum Gasteiger partial charge on any atom is 0.335 e. The molecule has 20 heavy (non-hydrogen) atoms. The van der Waals surface area contributed by atoms with Gasteiger partial charge in [0, 0.05) is 18.7 Å². The monoisotopic (exact) mass is 272 g/mol. The summed E-state index contributed by atoms with van der Waals surface area (Å²) in [4.78, 5) is 22.6. The van der Waals surface area contributed by atoms with Gasteiger partial charge in [0.15, 0.2) is 6.20 Å². The summed E-state index contributed by atoms with van der Waals surface area (Å²) in [5, 5.41) is 22.8. The first-order valence-corrected chi connectivity index (χ1v) is 5.86. The van der Waals surface area contributed by atoms with E-state index in [1.165, 1.54) is 30.5 Å². The summed E-state index contributed by atoms with van der Waals surface area (Å²) in [5.41, 5.74) is 0.781. The van der Waals surface area contributed by atoms with Crippen molar-refractivity contribution in [3.63, 3.8) is 0 Å². The first-order valence-electron chi connectivity index (χ1n) is 5.86. The van der Waals surface area contributed by atoms with Gasteiger partial charge >= 0.3 is 11.9 Å². The zero-order valence-corrected chi connectivity index (χ0v) is 10.4. The van der Waals surface area contributed by atoms with Gasteiger partial charge < -0.3 is 15.6 Å².